The summed E-state index contributed by atoms with van der Waals surface area (Å²) in [7, 11) is 1.37. The molecule has 1 aliphatic heterocycles. The van der Waals surface area contributed by atoms with Gasteiger partial charge in [-0.3, -0.25) is 9.78 Å². The minimum absolute atomic E-state index is 0.101. The van der Waals surface area contributed by atoms with Crippen LogP contribution in [0.4, 0.5) is 5.82 Å². The predicted molar refractivity (Wildman–Crippen MR) is 153 cm³/mol. The van der Waals surface area contributed by atoms with Crippen LogP contribution in [0.3, 0.4) is 0 Å². The molecule has 0 unspecified atom stereocenters. The number of rotatable bonds is 5. The van der Waals surface area contributed by atoms with Gasteiger partial charge < -0.3 is 19.1 Å². The van der Waals surface area contributed by atoms with Crippen LogP contribution < -0.4 is 4.90 Å². The molecule has 0 atom stereocenters. The number of methoxy groups -OCH3 is 1. The SMILES string of the molecule is COC(=O)c1c(C)cc(N2CCN(C(=O)c3ccc4c(Br)cn(Cc5ccncc5)c4n3)C(C)(C)C2)nc1C. The first kappa shape index (κ1) is 26.8. The monoisotopic (exact) mass is 590 g/mol. The van der Waals surface area contributed by atoms with Gasteiger partial charge in [-0.15, -0.1) is 0 Å². The topological polar surface area (TPSA) is 93.5 Å². The molecular formula is C29H31BrN6O3. The van der Waals surface area contributed by atoms with Crippen molar-refractivity contribution < 1.29 is 14.3 Å². The summed E-state index contributed by atoms with van der Waals surface area (Å²) in [6, 6.07) is 9.60. The predicted octanol–water partition coefficient (Wildman–Crippen LogP) is 4.78. The van der Waals surface area contributed by atoms with Crippen molar-refractivity contribution in [3.05, 3.63) is 81.5 Å². The lowest BCUT2D eigenvalue weighted by Gasteiger charge is -2.47. The van der Waals surface area contributed by atoms with E-state index in [2.05, 4.69) is 39.7 Å². The highest BCUT2D eigenvalue weighted by Crippen LogP contribution is 2.30. The van der Waals surface area contributed by atoms with Crippen molar-refractivity contribution in [2.24, 2.45) is 0 Å². The number of aromatic nitrogens is 4. The molecule has 0 aromatic carbocycles. The number of halogens is 1. The van der Waals surface area contributed by atoms with Gasteiger partial charge in [-0.1, -0.05) is 0 Å². The van der Waals surface area contributed by atoms with Gasteiger partial charge in [0, 0.05) is 54.6 Å². The molecule has 202 valence electrons. The Kier molecular flexibility index (Phi) is 7.15. The molecule has 9 nitrogen and oxygen atoms in total. The van der Waals surface area contributed by atoms with Crippen LogP contribution in [-0.4, -0.2) is 68.6 Å². The number of nitrogens with zero attached hydrogens (tertiary/aromatic N) is 6. The van der Waals surface area contributed by atoms with Crippen LogP contribution in [0, 0.1) is 13.8 Å². The summed E-state index contributed by atoms with van der Waals surface area (Å²) >= 11 is 3.64. The molecule has 0 N–H and O–H groups in total. The Bertz CT molecular complexity index is 1540. The normalized spacial score (nSPS) is 15.0. The van der Waals surface area contributed by atoms with E-state index >= 15 is 0 Å². The molecule has 4 aromatic heterocycles. The van der Waals surface area contributed by atoms with E-state index in [9.17, 15) is 9.59 Å². The number of amides is 1. The lowest BCUT2D eigenvalue weighted by atomic mass is 9.97. The zero-order valence-corrected chi connectivity index (χ0v) is 24.3. The lowest BCUT2D eigenvalue weighted by molar-refractivity contribution is 0.0506. The van der Waals surface area contributed by atoms with Gasteiger partial charge in [0.05, 0.1) is 23.9 Å². The molecule has 0 saturated carbocycles. The number of hydrogen-bond donors (Lipinski definition) is 0. The van der Waals surface area contributed by atoms with E-state index in [1.807, 2.05) is 53.8 Å². The number of ether oxygens (including phenoxy) is 1. The molecule has 1 aliphatic rings. The third-order valence-electron chi connectivity index (χ3n) is 7.24. The molecule has 1 amide bonds. The summed E-state index contributed by atoms with van der Waals surface area (Å²) in [5.41, 5.74) is 3.74. The summed E-state index contributed by atoms with van der Waals surface area (Å²) in [4.78, 5) is 43.6. The fourth-order valence-corrected chi connectivity index (χ4v) is 5.85. The third-order valence-corrected chi connectivity index (χ3v) is 7.87. The van der Waals surface area contributed by atoms with Crippen molar-refractivity contribution in [3.8, 4) is 0 Å². The quantitative estimate of drug-likeness (QED) is 0.309. The van der Waals surface area contributed by atoms with Gasteiger partial charge in [0.25, 0.3) is 5.91 Å². The van der Waals surface area contributed by atoms with Gasteiger partial charge in [0.2, 0.25) is 0 Å². The molecule has 10 heteroatoms. The Labute approximate surface area is 236 Å². The number of anilines is 1. The van der Waals surface area contributed by atoms with Crippen molar-refractivity contribution in [3.63, 3.8) is 0 Å². The van der Waals surface area contributed by atoms with Gasteiger partial charge in [-0.25, -0.2) is 14.8 Å². The van der Waals surface area contributed by atoms with E-state index in [1.165, 1.54) is 7.11 Å². The molecule has 1 fully saturated rings. The van der Waals surface area contributed by atoms with Crippen molar-refractivity contribution in [1.82, 2.24) is 24.4 Å². The number of pyridine rings is 3. The molecule has 4 aromatic rings. The van der Waals surface area contributed by atoms with Crippen LogP contribution in [0.5, 0.6) is 0 Å². The zero-order valence-electron chi connectivity index (χ0n) is 22.7. The summed E-state index contributed by atoms with van der Waals surface area (Å²) in [5.74, 6) is 0.301. The van der Waals surface area contributed by atoms with Crippen LogP contribution in [0.2, 0.25) is 0 Å². The maximum absolute atomic E-state index is 13.8. The Morgan fingerprint density at radius 1 is 1.08 bits per heavy atom. The van der Waals surface area contributed by atoms with Gasteiger partial charge in [-0.05, 0) is 85.1 Å². The fourth-order valence-electron chi connectivity index (χ4n) is 5.29. The molecule has 1 saturated heterocycles. The minimum atomic E-state index is -0.476. The van der Waals surface area contributed by atoms with Gasteiger partial charge in [-0.2, -0.15) is 0 Å². The van der Waals surface area contributed by atoms with E-state index in [0.717, 1.165) is 32.5 Å². The van der Waals surface area contributed by atoms with E-state index in [-0.39, 0.29) is 11.9 Å². The van der Waals surface area contributed by atoms with Crippen LogP contribution in [0.15, 0.2) is 53.4 Å². The zero-order chi connectivity index (χ0) is 27.9. The number of piperazine rings is 1. The Hall–Kier alpha value is -3.79. The lowest BCUT2D eigenvalue weighted by Crippen LogP contribution is -2.61. The Morgan fingerprint density at radius 3 is 2.49 bits per heavy atom. The third kappa shape index (κ3) is 5.13. The maximum atomic E-state index is 13.8. The van der Waals surface area contributed by atoms with Crippen LogP contribution in [0.1, 0.15) is 51.5 Å². The average Bonchev–Trinajstić information content (AvgIpc) is 3.21. The molecule has 0 bridgehead atoms. The van der Waals surface area contributed by atoms with E-state index in [4.69, 9.17) is 14.7 Å². The number of esters is 1. The van der Waals surface area contributed by atoms with Crippen molar-refractivity contribution in [1.29, 1.82) is 0 Å². The Morgan fingerprint density at radius 2 is 1.82 bits per heavy atom. The summed E-state index contributed by atoms with van der Waals surface area (Å²) in [6.45, 7) is 10.2. The number of fused-ring (bicyclic) bond motifs is 1. The second-order valence-corrected chi connectivity index (χ2v) is 11.3. The number of carbonyl (C=O) groups is 2. The standard InChI is InChI=1S/C29H31BrN6O3/c1-18-14-24(32-19(2)25(18)28(38)39-5)34-12-13-36(29(3,4)17-34)27(37)23-7-6-21-22(30)16-35(26(21)33-23)15-20-8-10-31-11-9-20/h6-11,14,16H,12-13,15,17H2,1-5H3. The van der Waals surface area contributed by atoms with Crippen LogP contribution >= 0.6 is 15.9 Å². The van der Waals surface area contributed by atoms with E-state index in [0.29, 0.717) is 43.1 Å². The summed E-state index contributed by atoms with van der Waals surface area (Å²) in [5, 5.41) is 0.955. The fraction of sp³-hybridized carbons (Fsp3) is 0.345. The average molecular weight is 592 g/mol. The van der Waals surface area contributed by atoms with Gasteiger partial charge >= 0.3 is 5.97 Å². The molecule has 5 rings (SSSR count). The maximum Gasteiger partial charge on any atom is 0.339 e. The molecule has 0 aliphatic carbocycles. The summed E-state index contributed by atoms with van der Waals surface area (Å²) in [6.07, 6.45) is 5.54. The van der Waals surface area contributed by atoms with Crippen molar-refractivity contribution in [2.75, 3.05) is 31.6 Å². The number of carbonyl (C=O) groups excluding carboxylic acids is 2. The summed E-state index contributed by atoms with van der Waals surface area (Å²) < 4.78 is 7.89. The second-order valence-electron chi connectivity index (χ2n) is 10.5. The van der Waals surface area contributed by atoms with Crippen LogP contribution in [0.25, 0.3) is 11.0 Å². The van der Waals surface area contributed by atoms with Gasteiger partial charge in [0.15, 0.2) is 0 Å². The molecule has 0 radical (unpaired) electrons. The second kappa shape index (κ2) is 10.4. The molecule has 39 heavy (non-hydrogen) atoms. The first-order valence-electron chi connectivity index (χ1n) is 12.8. The van der Waals surface area contributed by atoms with E-state index < -0.39 is 5.54 Å². The highest BCUT2D eigenvalue weighted by atomic mass is 79.9. The molecule has 0 spiro atoms. The minimum Gasteiger partial charge on any atom is -0.465 e. The van der Waals surface area contributed by atoms with Crippen molar-refractivity contribution in [2.45, 2.75) is 39.8 Å². The molecular weight excluding hydrogens is 560 g/mol. The highest BCUT2D eigenvalue weighted by Gasteiger charge is 2.38. The van der Waals surface area contributed by atoms with Crippen LogP contribution in [-0.2, 0) is 11.3 Å². The largest absolute Gasteiger partial charge is 0.465 e. The first-order chi connectivity index (χ1) is 18.6. The smallest absolute Gasteiger partial charge is 0.339 e. The molecule has 5 heterocycles. The first-order valence-corrected chi connectivity index (χ1v) is 13.6. The van der Waals surface area contributed by atoms with Crippen molar-refractivity contribution >= 4 is 44.7 Å². The number of aryl methyl sites for hydroxylation is 2. The highest BCUT2D eigenvalue weighted by molar-refractivity contribution is 9.10. The Balaban J connectivity index is 1.39. The number of hydrogen-bond acceptors (Lipinski definition) is 7. The van der Waals surface area contributed by atoms with E-state index in [1.54, 1.807) is 18.5 Å². The van der Waals surface area contributed by atoms with Gasteiger partial charge in [0.1, 0.15) is 17.2 Å².